The molecule has 0 saturated heterocycles. The highest BCUT2D eigenvalue weighted by atomic mass is 35.5. The molecule has 0 aliphatic carbocycles. The Balaban J connectivity index is 2.15. The Labute approximate surface area is 92.0 Å². The van der Waals surface area contributed by atoms with Gasteiger partial charge in [-0.2, -0.15) is 5.10 Å². The summed E-state index contributed by atoms with van der Waals surface area (Å²) < 4.78 is 1.83. The maximum Gasteiger partial charge on any atom is 0.0529 e. The lowest BCUT2D eigenvalue weighted by Crippen LogP contribution is -1.85. The van der Waals surface area contributed by atoms with Gasteiger partial charge in [0.15, 0.2) is 0 Å². The topological polar surface area (TPSA) is 17.8 Å². The van der Waals surface area contributed by atoms with E-state index in [2.05, 4.69) is 5.10 Å². The monoisotopic (exact) mass is 224 g/mol. The van der Waals surface area contributed by atoms with Gasteiger partial charge in [0.25, 0.3) is 0 Å². The van der Waals surface area contributed by atoms with Gasteiger partial charge >= 0.3 is 0 Å². The largest absolute Gasteiger partial charge is 0.209 e. The summed E-state index contributed by atoms with van der Waals surface area (Å²) in [7, 11) is 0. The Hall–Kier alpha value is -0.930. The van der Waals surface area contributed by atoms with Crippen molar-refractivity contribution in [1.29, 1.82) is 0 Å². The molecule has 0 saturated carbocycles. The highest BCUT2D eigenvalue weighted by Crippen LogP contribution is 2.21. The second-order valence-electron chi connectivity index (χ2n) is 2.97. The zero-order chi connectivity index (χ0) is 9.97. The number of halogens is 1. The third-order valence-electron chi connectivity index (χ3n) is 1.70. The third kappa shape index (κ3) is 2.30. The van der Waals surface area contributed by atoms with Crippen LogP contribution in [0.25, 0.3) is 0 Å². The Bertz CT molecular complexity index is 422. The summed E-state index contributed by atoms with van der Waals surface area (Å²) in [4.78, 5) is 1.12. The lowest BCUT2D eigenvalue weighted by atomic mass is 10.4. The van der Waals surface area contributed by atoms with Gasteiger partial charge in [-0.1, -0.05) is 11.6 Å². The molecule has 0 spiro atoms. The molecule has 1 heterocycles. The minimum absolute atomic E-state index is 0.756. The standard InChI is InChI=1S/C10H9ClN2S/c1-8-6-12-13(7-8)14-10-4-2-9(11)3-5-10/h2-7H,1H3. The summed E-state index contributed by atoms with van der Waals surface area (Å²) in [5.41, 5.74) is 1.16. The fourth-order valence-corrected chi connectivity index (χ4v) is 1.96. The van der Waals surface area contributed by atoms with Crippen LogP contribution in [-0.4, -0.2) is 9.19 Å². The quantitative estimate of drug-likeness (QED) is 0.778. The molecule has 2 aromatic rings. The van der Waals surface area contributed by atoms with Crippen molar-refractivity contribution in [2.45, 2.75) is 11.8 Å². The summed E-state index contributed by atoms with van der Waals surface area (Å²) in [6.07, 6.45) is 3.82. The molecule has 1 aromatic carbocycles. The molecule has 0 fully saturated rings. The van der Waals surface area contributed by atoms with Crippen molar-refractivity contribution in [3.63, 3.8) is 0 Å². The minimum atomic E-state index is 0.756. The molecule has 1 aromatic heterocycles. The van der Waals surface area contributed by atoms with Gasteiger partial charge in [0.2, 0.25) is 0 Å². The fourth-order valence-electron chi connectivity index (χ4n) is 1.04. The van der Waals surface area contributed by atoms with Crippen LogP contribution >= 0.6 is 23.5 Å². The van der Waals surface area contributed by atoms with Crippen molar-refractivity contribution < 1.29 is 0 Å². The Morgan fingerprint density at radius 3 is 2.57 bits per heavy atom. The van der Waals surface area contributed by atoms with E-state index in [1.807, 2.05) is 47.7 Å². The molecule has 0 radical (unpaired) electrons. The Kier molecular flexibility index (Phi) is 2.79. The Morgan fingerprint density at radius 1 is 1.29 bits per heavy atom. The minimum Gasteiger partial charge on any atom is -0.209 e. The third-order valence-corrected chi connectivity index (χ3v) is 2.82. The van der Waals surface area contributed by atoms with Crippen molar-refractivity contribution in [2.24, 2.45) is 0 Å². The highest BCUT2D eigenvalue weighted by molar-refractivity contribution is 7.97. The zero-order valence-electron chi connectivity index (χ0n) is 7.64. The van der Waals surface area contributed by atoms with Gasteiger partial charge in [-0.05, 0) is 36.8 Å². The zero-order valence-corrected chi connectivity index (χ0v) is 9.22. The van der Waals surface area contributed by atoms with E-state index in [9.17, 15) is 0 Å². The lowest BCUT2D eigenvalue weighted by Gasteiger charge is -1.99. The average molecular weight is 225 g/mol. The first-order valence-electron chi connectivity index (χ1n) is 4.19. The van der Waals surface area contributed by atoms with E-state index in [1.54, 1.807) is 11.9 Å². The van der Waals surface area contributed by atoms with E-state index in [1.165, 1.54) is 0 Å². The first-order valence-corrected chi connectivity index (χ1v) is 5.34. The normalized spacial score (nSPS) is 10.4. The number of rotatable bonds is 2. The molecule has 14 heavy (non-hydrogen) atoms. The van der Waals surface area contributed by atoms with Crippen LogP contribution in [0, 0.1) is 6.92 Å². The second kappa shape index (κ2) is 4.07. The molecular weight excluding hydrogens is 216 g/mol. The van der Waals surface area contributed by atoms with Crippen molar-refractivity contribution in [3.8, 4) is 0 Å². The van der Waals surface area contributed by atoms with Crippen molar-refractivity contribution in [1.82, 2.24) is 9.19 Å². The van der Waals surface area contributed by atoms with Crippen LogP contribution in [0.4, 0.5) is 0 Å². The van der Waals surface area contributed by atoms with E-state index in [4.69, 9.17) is 11.6 Å². The molecule has 0 aliphatic heterocycles. The molecule has 2 rings (SSSR count). The van der Waals surface area contributed by atoms with E-state index in [0.717, 1.165) is 15.5 Å². The van der Waals surface area contributed by atoms with Crippen molar-refractivity contribution >= 4 is 23.5 Å². The van der Waals surface area contributed by atoms with Crippen LogP contribution in [0.5, 0.6) is 0 Å². The second-order valence-corrected chi connectivity index (χ2v) is 4.43. The molecule has 0 aliphatic rings. The fraction of sp³-hybridized carbons (Fsp3) is 0.100. The summed E-state index contributed by atoms with van der Waals surface area (Å²) >= 11 is 7.35. The van der Waals surface area contributed by atoms with Gasteiger partial charge in [-0.15, -0.1) is 0 Å². The predicted molar refractivity (Wildman–Crippen MR) is 59.7 cm³/mol. The van der Waals surface area contributed by atoms with Crippen molar-refractivity contribution in [2.75, 3.05) is 0 Å². The molecule has 4 heteroatoms. The van der Waals surface area contributed by atoms with E-state index in [0.29, 0.717) is 0 Å². The smallest absolute Gasteiger partial charge is 0.0529 e. The first kappa shape index (κ1) is 9.62. The van der Waals surface area contributed by atoms with Gasteiger partial charge in [-0.25, -0.2) is 4.09 Å². The predicted octanol–water partition coefficient (Wildman–Crippen LogP) is 3.40. The van der Waals surface area contributed by atoms with Crippen molar-refractivity contribution in [3.05, 3.63) is 47.2 Å². The number of hydrogen-bond acceptors (Lipinski definition) is 2. The molecule has 0 atom stereocenters. The summed E-state index contributed by atoms with van der Waals surface area (Å²) in [5, 5.41) is 4.94. The van der Waals surface area contributed by atoms with Gasteiger partial charge < -0.3 is 0 Å². The Morgan fingerprint density at radius 2 is 2.00 bits per heavy atom. The lowest BCUT2D eigenvalue weighted by molar-refractivity contribution is 1.01. The number of aromatic nitrogens is 2. The molecule has 0 amide bonds. The van der Waals surface area contributed by atoms with Crippen LogP contribution in [-0.2, 0) is 0 Å². The van der Waals surface area contributed by atoms with Crippen LogP contribution in [0.2, 0.25) is 5.02 Å². The van der Waals surface area contributed by atoms with E-state index >= 15 is 0 Å². The number of hydrogen-bond donors (Lipinski definition) is 0. The van der Waals surface area contributed by atoms with Gasteiger partial charge in [0.05, 0.1) is 6.20 Å². The van der Waals surface area contributed by atoms with Gasteiger partial charge in [0.1, 0.15) is 0 Å². The van der Waals surface area contributed by atoms with E-state index in [-0.39, 0.29) is 0 Å². The SMILES string of the molecule is Cc1cnn(Sc2ccc(Cl)cc2)c1. The molecule has 72 valence electrons. The molecule has 0 unspecified atom stereocenters. The van der Waals surface area contributed by atoms with E-state index < -0.39 is 0 Å². The van der Waals surface area contributed by atoms with Crippen LogP contribution in [0.1, 0.15) is 5.56 Å². The average Bonchev–Trinajstić information content (AvgIpc) is 2.56. The van der Waals surface area contributed by atoms with Gasteiger partial charge in [-0.3, -0.25) is 0 Å². The van der Waals surface area contributed by atoms with Crippen LogP contribution < -0.4 is 0 Å². The number of benzene rings is 1. The molecule has 0 bridgehead atoms. The summed E-state index contributed by atoms with van der Waals surface area (Å²) in [6.45, 7) is 2.02. The molecule has 2 nitrogen and oxygen atoms in total. The number of aryl methyl sites for hydroxylation is 1. The number of nitrogens with zero attached hydrogens (tertiary/aromatic N) is 2. The maximum absolute atomic E-state index is 5.79. The molecular formula is C10H9ClN2S. The summed E-state index contributed by atoms with van der Waals surface area (Å²) in [5.74, 6) is 0. The molecule has 0 N–H and O–H groups in total. The van der Waals surface area contributed by atoms with Crippen LogP contribution in [0.15, 0.2) is 41.6 Å². The van der Waals surface area contributed by atoms with Gasteiger partial charge in [0, 0.05) is 28.1 Å². The van der Waals surface area contributed by atoms with Crippen LogP contribution in [0.3, 0.4) is 0 Å². The maximum atomic E-state index is 5.79. The summed E-state index contributed by atoms with van der Waals surface area (Å²) in [6, 6.07) is 7.70. The first-order chi connectivity index (χ1) is 6.74. The highest BCUT2D eigenvalue weighted by Gasteiger charge is 1.97.